The minimum atomic E-state index is -0.493. The largest absolute Gasteiger partial charge is 0.493 e. The lowest BCUT2D eigenvalue weighted by Crippen LogP contribution is -2.21. The lowest BCUT2D eigenvalue weighted by atomic mass is 10.1. The highest BCUT2D eigenvalue weighted by atomic mass is 16.5. The van der Waals surface area contributed by atoms with E-state index in [9.17, 15) is 9.59 Å². The molecule has 2 aromatic carbocycles. The maximum absolute atomic E-state index is 12.2. The van der Waals surface area contributed by atoms with Crippen LogP contribution in [0.4, 0.5) is 5.69 Å². The molecule has 2 aromatic rings. The molecule has 0 unspecified atom stereocenters. The molecular formula is C23H27NO8. The number of hydrogen-bond acceptors (Lipinski definition) is 8. The van der Waals surface area contributed by atoms with Crippen LogP contribution in [0, 0.1) is 0 Å². The molecule has 1 amide bonds. The fraction of sp³-hybridized carbons (Fsp3) is 0.391. The first-order valence-electron chi connectivity index (χ1n) is 10.2. The van der Waals surface area contributed by atoms with Crippen LogP contribution in [0.25, 0.3) is 0 Å². The first kappa shape index (κ1) is 23.1. The van der Waals surface area contributed by atoms with E-state index in [1.807, 2.05) is 0 Å². The molecule has 3 rings (SSSR count). The van der Waals surface area contributed by atoms with Crippen LogP contribution in [0.2, 0.25) is 0 Å². The van der Waals surface area contributed by atoms with Gasteiger partial charge in [-0.05, 0) is 36.2 Å². The number of methoxy groups -OCH3 is 3. The summed E-state index contributed by atoms with van der Waals surface area (Å²) in [7, 11) is 4.57. The summed E-state index contributed by atoms with van der Waals surface area (Å²) in [6, 6.07) is 8.67. The van der Waals surface area contributed by atoms with E-state index in [4.69, 9.17) is 28.4 Å². The molecule has 9 nitrogen and oxygen atoms in total. The SMILES string of the molecule is COc1cc(CCC(=O)OCC(=O)Nc2ccc3c(c2)OCCCO3)cc(OC)c1OC. The lowest BCUT2D eigenvalue weighted by molar-refractivity contribution is -0.147. The van der Waals surface area contributed by atoms with E-state index in [0.29, 0.717) is 54.1 Å². The highest BCUT2D eigenvalue weighted by molar-refractivity contribution is 5.93. The molecule has 0 saturated carbocycles. The smallest absolute Gasteiger partial charge is 0.306 e. The topological polar surface area (TPSA) is 102 Å². The number of anilines is 1. The number of benzene rings is 2. The molecule has 0 atom stereocenters. The van der Waals surface area contributed by atoms with Gasteiger partial charge in [-0.2, -0.15) is 0 Å². The Morgan fingerprint density at radius 1 is 0.938 bits per heavy atom. The molecule has 0 aromatic heterocycles. The number of carbonyl (C=O) groups excluding carboxylic acids is 2. The van der Waals surface area contributed by atoms with Crippen molar-refractivity contribution in [3.05, 3.63) is 35.9 Å². The van der Waals surface area contributed by atoms with Crippen LogP contribution < -0.4 is 29.0 Å². The van der Waals surface area contributed by atoms with E-state index in [-0.39, 0.29) is 13.0 Å². The van der Waals surface area contributed by atoms with Gasteiger partial charge in [0, 0.05) is 24.6 Å². The fourth-order valence-corrected chi connectivity index (χ4v) is 3.18. The average molecular weight is 445 g/mol. The Balaban J connectivity index is 1.49. The lowest BCUT2D eigenvalue weighted by Gasteiger charge is -2.14. The minimum Gasteiger partial charge on any atom is -0.493 e. The number of rotatable bonds is 9. The molecule has 1 aliphatic heterocycles. The number of ether oxygens (including phenoxy) is 6. The zero-order valence-electron chi connectivity index (χ0n) is 18.4. The van der Waals surface area contributed by atoms with E-state index >= 15 is 0 Å². The molecule has 1 heterocycles. The molecule has 0 saturated heterocycles. The van der Waals surface area contributed by atoms with Crippen molar-refractivity contribution in [3.63, 3.8) is 0 Å². The van der Waals surface area contributed by atoms with Crippen molar-refractivity contribution < 1.29 is 38.0 Å². The number of hydrogen-bond donors (Lipinski definition) is 1. The Morgan fingerprint density at radius 2 is 1.62 bits per heavy atom. The second-order valence-corrected chi connectivity index (χ2v) is 6.95. The summed E-state index contributed by atoms with van der Waals surface area (Å²) in [5, 5.41) is 2.69. The van der Waals surface area contributed by atoms with Gasteiger partial charge in [0.1, 0.15) is 0 Å². The Labute approximate surface area is 186 Å². The van der Waals surface area contributed by atoms with Crippen molar-refractivity contribution >= 4 is 17.6 Å². The number of fused-ring (bicyclic) bond motifs is 1. The van der Waals surface area contributed by atoms with E-state index in [2.05, 4.69) is 5.32 Å². The molecule has 0 fully saturated rings. The molecule has 32 heavy (non-hydrogen) atoms. The van der Waals surface area contributed by atoms with Crippen LogP contribution in [0.5, 0.6) is 28.7 Å². The van der Waals surface area contributed by atoms with Gasteiger partial charge in [0.15, 0.2) is 29.6 Å². The number of esters is 1. The first-order valence-corrected chi connectivity index (χ1v) is 10.2. The van der Waals surface area contributed by atoms with Crippen LogP contribution in [0.3, 0.4) is 0 Å². The zero-order chi connectivity index (χ0) is 22.9. The van der Waals surface area contributed by atoms with Gasteiger partial charge in [0.2, 0.25) is 5.75 Å². The van der Waals surface area contributed by atoms with Crippen LogP contribution in [0.15, 0.2) is 30.3 Å². The van der Waals surface area contributed by atoms with Crippen molar-refractivity contribution in [1.29, 1.82) is 0 Å². The Morgan fingerprint density at radius 3 is 2.28 bits per heavy atom. The summed E-state index contributed by atoms with van der Waals surface area (Å²) in [6.07, 6.45) is 1.28. The monoisotopic (exact) mass is 445 g/mol. The normalized spacial score (nSPS) is 12.3. The third-order valence-electron chi connectivity index (χ3n) is 4.74. The number of aryl methyl sites for hydroxylation is 1. The third kappa shape index (κ3) is 5.96. The van der Waals surface area contributed by atoms with E-state index in [0.717, 1.165) is 12.0 Å². The molecule has 0 bridgehead atoms. The minimum absolute atomic E-state index is 0.0932. The molecular weight excluding hydrogens is 418 g/mol. The second kappa shape index (κ2) is 11.1. The standard InChI is InChI=1S/C23H27NO8/c1-27-19-11-15(12-20(28-2)23(19)29-3)5-8-22(26)32-14-21(25)24-16-6-7-17-18(13-16)31-10-4-9-30-17/h6-7,11-13H,4-5,8-10,14H2,1-3H3,(H,24,25). The summed E-state index contributed by atoms with van der Waals surface area (Å²) in [6.45, 7) is 0.751. The van der Waals surface area contributed by atoms with Crippen LogP contribution in [-0.2, 0) is 20.7 Å². The predicted molar refractivity (Wildman–Crippen MR) is 116 cm³/mol. The van der Waals surface area contributed by atoms with Crippen molar-refractivity contribution in [1.82, 2.24) is 0 Å². The van der Waals surface area contributed by atoms with Gasteiger partial charge in [0.25, 0.3) is 5.91 Å². The Bertz CT molecular complexity index is 934. The quantitative estimate of drug-likeness (QED) is 0.588. The molecule has 1 N–H and O–H groups in total. The number of amides is 1. The van der Waals surface area contributed by atoms with Gasteiger partial charge < -0.3 is 33.7 Å². The molecule has 172 valence electrons. The van der Waals surface area contributed by atoms with Gasteiger partial charge in [0.05, 0.1) is 34.5 Å². The van der Waals surface area contributed by atoms with E-state index in [1.54, 1.807) is 30.3 Å². The maximum Gasteiger partial charge on any atom is 0.306 e. The highest BCUT2D eigenvalue weighted by Crippen LogP contribution is 2.38. The second-order valence-electron chi connectivity index (χ2n) is 6.95. The van der Waals surface area contributed by atoms with Crippen molar-refractivity contribution in [2.75, 3.05) is 46.5 Å². The summed E-state index contributed by atoms with van der Waals surface area (Å²) in [5.41, 5.74) is 1.35. The average Bonchev–Trinajstić information content (AvgIpc) is 3.05. The zero-order valence-corrected chi connectivity index (χ0v) is 18.4. The first-order chi connectivity index (χ1) is 15.5. The summed E-state index contributed by atoms with van der Waals surface area (Å²) < 4.78 is 32.2. The number of carbonyl (C=O) groups is 2. The molecule has 0 aliphatic carbocycles. The van der Waals surface area contributed by atoms with Crippen molar-refractivity contribution in [3.8, 4) is 28.7 Å². The van der Waals surface area contributed by atoms with Crippen LogP contribution >= 0.6 is 0 Å². The van der Waals surface area contributed by atoms with E-state index < -0.39 is 11.9 Å². The van der Waals surface area contributed by atoms with E-state index in [1.165, 1.54) is 21.3 Å². The van der Waals surface area contributed by atoms with Crippen molar-refractivity contribution in [2.45, 2.75) is 19.3 Å². The van der Waals surface area contributed by atoms with Crippen LogP contribution in [0.1, 0.15) is 18.4 Å². The van der Waals surface area contributed by atoms with Gasteiger partial charge in [-0.1, -0.05) is 0 Å². The Kier molecular flexibility index (Phi) is 8.02. The molecule has 0 spiro atoms. The number of nitrogens with one attached hydrogen (secondary N) is 1. The molecule has 1 aliphatic rings. The highest BCUT2D eigenvalue weighted by Gasteiger charge is 2.15. The Hall–Kier alpha value is -3.62. The van der Waals surface area contributed by atoms with Gasteiger partial charge >= 0.3 is 5.97 Å². The van der Waals surface area contributed by atoms with Gasteiger partial charge in [-0.25, -0.2) is 0 Å². The predicted octanol–water partition coefficient (Wildman–Crippen LogP) is 2.99. The van der Waals surface area contributed by atoms with Gasteiger partial charge in [-0.15, -0.1) is 0 Å². The summed E-state index contributed by atoms with van der Waals surface area (Å²) in [4.78, 5) is 24.3. The van der Waals surface area contributed by atoms with Gasteiger partial charge in [-0.3, -0.25) is 9.59 Å². The molecule has 0 radical (unpaired) electrons. The van der Waals surface area contributed by atoms with Crippen molar-refractivity contribution in [2.24, 2.45) is 0 Å². The maximum atomic E-state index is 12.2. The fourth-order valence-electron chi connectivity index (χ4n) is 3.18. The van der Waals surface area contributed by atoms with Crippen LogP contribution in [-0.4, -0.2) is 53.0 Å². The summed E-state index contributed by atoms with van der Waals surface area (Å²) in [5.74, 6) is 1.76. The third-order valence-corrected chi connectivity index (χ3v) is 4.74. The summed E-state index contributed by atoms with van der Waals surface area (Å²) >= 11 is 0. The molecule has 9 heteroatoms.